The molecule has 0 aliphatic carbocycles. The van der Waals surface area contributed by atoms with Gasteiger partial charge in [-0.1, -0.05) is 35.5 Å². The summed E-state index contributed by atoms with van der Waals surface area (Å²) in [5.74, 6) is 2.00. The number of ether oxygens (including phenoxy) is 2. The van der Waals surface area contributed by atoms with Gasteiger partial charge in [0.1, 0.15) is 11.5 Å². The molecule has 29 heavy (non-hydrogen) atoms. The van der Waals surface area contributed by atoms with Gasteiger partial charge in [-0.3, -0.25) is 4.79 Å². The van der Waals surface area contributed by atoms with E-state index in [1.54, 1.807) is 32.4 Å². The van der Waals surface area contributed by atoms with Gasteiger partial charge in [-0.25, -0.2) is 0 Å². The fraction of sp³-hybridized carbons (Fsp3) is 0.250. The van der Waals surface area contributed by atoms with Crippen molar-refractivity contribution >= 4 is 35.0 Å². The highest BCUT2D eigenvalue weighted by Gasteiger charge is 2.17. The summed E-state index contributed by atoms with van der Waals surface area (Å²) >= 11 is 7.42. The second-order valence-electron chi connectivity index (χ2n) is 5.94. The van der Waals surface area contributed by atoms with Crippen molar-refractivity contribution in [2.24, 2.45) is 0 Å². The summed E-state index contributed by atoms with van der Waals surface area (Å²) < 4.78 is 12.5. The molecule has 1 N–H and O–H groups in total. The number of rotatable bonds is 8. The number of amides is 1. The first-order valence-electron chi connectivity index (χ1n) is 8.90. The van der Waals surface area contributed by atoms with E-state index in [9.17, 15) is 4.79 Å². The monoisotopic (exact) mass is 432 g/mol. The fourth-order valence-electron chi connectivity index (χ4n) is 2.78. The van der Waals surface area contributed by atoms with Crippen LogP contribution in [0.4, 0.5) is 5.69 Å². The summed E-state index contributed by atoms with van der Waals surface area (Å²) in [6.07, 6.45) is 0. The molecule has 0 aliphatic heterocycles. The highest BCUT2D eigenvalue weighted by atomic mass is 35.5. The Morgan fingerprint density at radius 2 is 1.90 bits per heavy atom. The number of benzene rings is 2. The molecule has 0 radical (unpaired) electrons. The first kappa shape index (κ1) is 21.0. The van der Waals surface area contributed by atoms with Crippen molar-refractivity contribution in [2.45, 2.75) is 18.6 Å². The van der Waals surface area contributed by atoms with Gasteiger partial charge in [-0.2, -0.15) is 0 Å². The van der Waals surface area contributed by atoms with Crippen LogP contribution in [-0.4, -0.2) is 40.6 Å². The minimum Gasteiger partial charge on any atom is -0.496 e. The van der Waals surface area contributed by atoms with Gasteiger partial charge in [0.25, 0.3) is 0 Å². The highest BCUT2D eigenvalue weighted by molar-refractivity contribution is 7.99. The lowest BCUT2D eigenvalue weighted by atomic mass is 10.2. The molecule has 152 valence electrons. The maximum Gasteiger partial charge on any atom is 0.234 e. The molecule has 3 rings (SSSR count). The average Bonchev–Trinajstić information content (AvgIpc) is 3.15. The number of methoxy groups -OCH3 is 2. The van der Waals surface area contributed by atoms with E-state index in [0.717, 1.165) is 11.3 Å². The topological polar surface area (TPSA) is 78.3 Å². The molecule has 0 saturated heterocycles. The second kappa shape index (κ2) is 9.67. The number of aromatic nitrogens is 3. The van der Waals surface area contributed by atoms with E-state index in [1.165, 1.54) is 11.8 Å². The summed E-state index contributed by atoms with van der Waals surface area (Å²) in [6, 6.07) is 12.7. The molecule has 0 unspecified atom stereocenters. The van der Waals surface area contributed by atoms with E-state index in [-0.39, 0.29) is 11.7 Å². The molecule has 1 heterocycles. The molecule has 0 atom stereocenters. The number of nitrogens with one attached hydrogen (secondary N) is 1. The van der Waals surface area contributed by atoms with Gasteiger partial charge in [0.15, 0.2) is 11.0 Å². The molecule has 1 aromatic heterocycles. The lowest BCUT2D eigenvalue weighted by molar-refractivity contribution is -0.113. The van der Waals surface area contributed by atoms with E-state index in [4.69, 9.17) is 21.1 Å². The first-order chi connectivity index (χ1) is 14.1. The summed E-state index contributed by atoms with van der Waals surface area (Å²) in [4.78, 5) is 12.3. The Morgan fingerprint density at radius 1 is 1.14 bits per heavy atom. The largest absolute Gasteiger partial charge is 0.496 e. The molecule has 9 heteroatoms. The Bertz CT molecular complexity index is 1010. The van der Waals surface area contributed by atoms with Crippen LogP contribution in [0.3, 0.4) is 0 Å². The fourth-order valence-corrected chi connectivity index (χ4v) is 3.84. The van der Waals surface area contributed by atoms with E-state index in [0.29, 0.717) is 34.0 Å². The molecular weight excluding hydrogens is 412 g/mol. The van der Waals surface area contributed by atoms with Crippen LogP contribution >= 0.6 is 23.4 Å². The smallest absolute Gasteiger partial charge is 0.234 e. The van der Waals surface area contributed by atoms with Gasteiger partial charge >= 0.3 is 0 Å². The van der Waals surface area contributed by atoms with Gasteiger partial charge < -0.3 is 19.4 Å². The predicted octanol–water partition coefficient (Wildman–Crippen LogP) is 4.37. The van der Waals surface area contributed by atoms with Crippen LogP contribution in [0.25, 0.3) is 11.4 Å². The van der Waals surface area contributed by atoms with Gasteiger partial charge in [0.05, 0.1) is 30.6 Å². The minimum absolute atomic E-state index is 0.166. The van der Waals surface area contributed by atoms with Crippen molar-refractivity contribution in [1.82, 2.24) is 14.8 Å². The number of anilines is 1. The van der Waals surface area contributed by atoms with Crippen LogP contribution in [0.15, 0.2) is 47.6 Å². The Labute approximate surface area is 178 Å². The number of para-hydroxylation sites is 1. The molecular formula is C20H21ClN4O3S. The molecule has 0 saturated carbocycles. The third kappa shape index (κ3) is 4.83. The highest BCUT2D eigenvalue weighted by Crippen LogP contribution is 2.31. The maximum atomic E-state index is 12.3. The lowest BCUT2D eigenvalue weighted by Gasteiger charge is -2.10. The van der Waals surface area contributed by atoms with Crippen LogP contribution in [0.2, 0.25) is 5.02 Å². The summed E-state index contributed by atoms with van der Waals surface area (Å²) in [5.41, 5.74) is 1.46. The second-order valence-corrected chi connectivity index (χ2v) is 7.29. The maximum absolute atomic E-state index is 12.3. The number of hydrogen-bond acceptors (Lipinski definition) is 6. The van der Waals surface area contributed by atoms with E-state index in [2.05, 4.69) is 15.5 Å². The molecule has 0 bridgehead atoms. The van der Waals surface area contributed by atoms with Crippen molar-refractivity contribution < 1.29 is 14.3 Å². The van der Waals surface area contributed by atoms with Gasteiger partial charge in [-0.05, 0) is 37.3 Å². The minimum atomic E-state index is -0.166. The SMILES string of the molecule is CCn1c(SCC(=O)Nc2ccc(OC)c(Cl)c2)nnc1-c1ccccc1OC. The van der Waals surface area contributed by atoms with Crippen LogP contribution in [0.1, 0.15) is 6.92 Å². The number of carbonyl (C=O) groups is 1. The van der Waals surface area contributed by atoms with Crippen LogP contribution < -0.4 is 14.8 Å². The Kier molecular flexibility index (Phi) is 7.00. The number of nitrogens with zero attached hydrogens (tertiary/aromatic N) is 3. The number of thioether (sulfide) groups is 1. The zero-order chi connectivity index (χ0) is 20.8. The summed E-state index contributed by atoms with van der Waals surface area (Å²) in [7, 11) is 3.16. The third-order valence-electron chi connectivity index (χ3n) is 4.15. The van der Waals surface area contributed by atoms with Crippen LogP contribution in [0, 0.1) is 0 Å². The van der Waals surface area contributed by atoms with Crippen molar-refractivity contribution in [3.63, 3.8) is 0 Å². The van der Waals surface area contributed by atoms with E-state index >= 15 is 0 Å². The molecule has 0 spiro atoms. The van der Waals surface area contributed by atoms with E-state index in [1.807, 2.05) is 35.8 Å². The molecule has 0 fully saturated rings. The van der Waals surface area contributed by atoms with E-state index < -0.39 is 0 Å². The van der Waals surface area contributed by atoms with Gasteiger partial charge in [-0.15, -0.1) is 10.2 Å². The number of halogens is 1. The van der Waals surface area contributed by atoms with Crippen molar-refractivity contribution in [3.8, 4) is 22.9 Å². The van der Waals surface area contributed by atoms with Crippen LogP contribution in [0.5, 0.6) is 11.5 Å². The molecule has 1 amide bonds. The quantitative estimate of drug-likeness (QED) is 0.532. The van der Waals surface area contributed by atoms with Crippen molar-refractivity contribution in [3.05, 3.63) is 47.5 Å². The van der Waals surface area contributed by atoms with Crippen molar-refractivity contribution in [2.75, 3.05) is 25.3 Å². The van der Waals surface area contributed by atoms with Gasteiger partial charge in [0, 0.05) is 12.2 Å². The summed E-state index contributed by atoms with van der Waals surface area (Å²) in [5, 5.41) is 12.5. The predicted molar refractivity (Wildman–Crippen MR) is 115 cm³/mol. The Balaban J connectivity index is 1.70. The molecule has 3 aromatic rings. The lowest BCUT2D eigenvalue weighted by Crippen LogP contribution is -2.14. The molecule has 2 aromatic carbocycles. The van der Waals surface area contributed by atoms with Crippen molar-refractivity contribution in [1.29, 1.82) is 0 Å². The third-order valence-corrected chi connectivity index (χ3v) is 5.41. The Hall–Kier alpha value is -2.71. The standard InChI is InChI=1S/C20H21ClN4O3S/c1-4-25-19(14-7-5-6-8-16(14)27-2)23-24-20(25)29-12-18(26)22-13-9-10-17(28-3)15(21)11-13/h5-11H,4,12H2,1-3H3,(H,22,26). The first-order valence-corrected chi connectivity index (χ1v) is 10.3. The zero-order valence-electron chi connectivity index (χ0n) is 16.3. The number of hydrogen-bond donors (Lipinski definition) is 1. The van der Waals surface area contributed by atoms with Crippen LogP contribution in [-0.2, 0) is 11.3 Å². The number of carbonyl (C=O) groups excluding carboxylic acids is 1. The molecule has 0 aliphatic rings. The molecule has 7 nitrogen and oxygen atoms in total. The Morgan fingerprint density at radius 3 is 2.59 bits per heavy atom. The average molecular weight is 433 g/mol. The zero-order valence-corrected chi connectivity index (χ0v) is 17.9. The normalized spacial score (nSPS) is 10.6. The van der Waals surface area contributed by atoms with Gasteiger partial charge in [0.2, 0.25) is 5.91 Å². The summed E-state index contributed by atoms with van der Waals surface area (Å²) in [6.45, 7) is 2.67.